The van der Waals surface area contributed by atoms with Crippen molar-refractivity contribution >= 4 is 5.97 Å². The highest BCUT2D eigenvalue weighted by molar-refractivity contribution is 5.69. The lowest BCUT2D eigenvalue weighted by molar-refractivity contribution is -0.141. The number of rotatable bonds is 6. The first-order valence-electron chi connectivity index (χ1n) is 6.97. The molecule has 0 heterocycles. The van der Waals surface area contributed by atoms with E-state index in [1.165, 1.54) is 32.8 Å². The molecule has 3 heteroatoms. The topological polar surface area (TPSA) is 38.3 Å². The molecule has 1 unspecified atom stereocenters. The van der Waals surface area contributed by atoms with Crippen LogP contribution in [0.3, 0.4) is 0 Å². The molecule has 0 bridgehead atoms. The van der Waals surface area contributed by atoms with Crippen molar-refractivity contribution in [1.29, 1.82) is 0 Å². The molecule has 1 aliphatic rings. The van der Waals surface area contributed by atoms with Crippen molar-refractivity contribution in [3.8, 4) is 0 Å². The summed E-state index contributed by atoms with van der Waals surface area (Å²) in [5.41, 5.74) is 0. The Bertz CT molecular complexity index is 222. The fraction of sp³-hybridized carbons (Fsp3) is 0.929. The van der Waals surface area contributed by atoms with Crippen LogP contribution in [0.4, 0.5) is 0 Å². The fourth-order valence-electron chi connectivity index (χ4n) is 2.69. The predicted molar refractivity (Wildman–Crippen MR) is 69.8 cm³/mol. The normalized spacial score (nSPS) is 26.5. The number of hydrogen-bond acceptors (Lipinski definition) is 3. The highest BCUT2D eigenvalue weighted by atomic mass is 16.5. The summed E-state index contributed by atoms with van der Waals surface area (Å²) in [4.78, 5) is 11.4. The number of carbonyl (C=O) groups is 1. The summed E-state index contributed by atoms with van der Waals surface area (Å²) in [7, 11) is 1.47. The monoisotopic (exact) mass is 241 g/mol. The van der Waals surface area contributed by atoms with Crippen LogP contribution in [0.2, 0.25) is 0 Å². The van der Waals surface area contributed by atoms with Crippen molar-refractivity contribution in [1.82, 2.24) is 5.32 Å². The zero-order valence-electron chi connectivity index (χ0n) is 11.5. The van der Waals surface area contributed by atoms with Gasteiger partial charge in [-0.2, -0.15) is 0 Å². The largest absolute Gasteiger partial charge is 0.469 e. The summed E-state index contributed by atoms with van der Waals surface area (Å²) in [5, 5.41) is 3.52. The van der Waals surface area contributed by atoms with Gasteiger partial charge in [0.25, 0.3) is 0 Å². The summed E-state index contributed by atoms with van der Waals surface area (Å²) in [6, 6.07) is 0.315. The van der Waals surface area contributed by atoms with E-state index in [0.717, 1.165) is 18.9 Å². The molecule has 1 rings (SSSR count). The first-order chi connectivity index (χ1) is 8.17. The average molecular weight is 241 g/mol. The van der Waals surface area contributed by atoms with Gasteiger partial charge in [-0.05, 0) is 37.6 Å². The first-order valence-corrected chi connectivity index (χ1v) is 6.97. The van der Waals surface area contributed by atoms with E-state index in [0.29, 0.717) is 18.4 Å². The van der Waals surface area contributed by atoms with Crippen molar-refractivity contribution in [2.45, 2.75) is 58.4 Å². The second-order valence-electron chi connectivity index (χ2n) is 5.36. The van der Waals surface area contributed by atoms with Gasteiger partial charge in [-0.15, -0.1) is 0 Å². The Morgan fingerprint density at radius 1 is 1.35 bits per heavy atom. The van der Waals surface area contributed by atoms with Gasteiger partial charge in [-0.1, -0.05) is 26.7 Å². The molecule has 1 N–H and O–H groups in total. The van der Waals surface area contributed by atoms with Gasteiger partial charge in [-0.25, -0.2) is 0 Å². The van der Waals surface area contributed by atoms with Crippen LogP contribution < -0.4 is 5.32 Å². The van der Waals surface area contributed by atoms with Crippen molar-refractivity contribution in [3.05, 3.63) is 0 Å². The minimum absolute atomic E-state index is 0.0859. The molecule has 0 aromatic rings. The summed E-state index contributed by atoms with van der Waals surface area (Å²) >= 11 is 0. The van der Waals surface area contributed by atoms with Crippen LogP contribution in [0.15, 0.2) is 0 Å². The third kappa shape index (κ3) is 5.07. The number of carbonyl (C=O) groups excluding carboxylic acids is 1. The van der Waals surface area contributed by atoms with Crippen molar-refractivity contribution in [2.75, 3.05) is 13.7 Å². The maximum atomic E-state index is 11.4. The van der Waals surface area contributed by atoms with E-state index < -0.39 is 0 Å². The fourth-order valence-corrected chi connectivity index (χ4v) is 2.69. The van der Waals surface area contributed by atoms with Gasteiger partial charge >= 0.3 is 5.97 Å². The van der Waals surface area contributed by atoms with Gasteiger partial charge in [0.1, 0.15) is 0 Å². The third-order valence-corrected chi connectivity index (χ3v) is 3.90. The Balaban J connectivity index is 2.46. The Hall–Kier alpha value is -0.570. The molecule has 0 aromatic heterocycles. The molecular weight excluding hydrogens is 214 g/mol. The SMILES string of the molecule is CCCNC(CC(=O)OC)C1CCC(C)CC1. The van der Waals surface area contributed by atoms with E-state index in [9.17, 15) is 4.79 Å². The number of ether oxygens (including phenoxy) is 1. The molecule has 17 heavy (non-hydrogen) atoms. The molecular formula is C14H27NO2. The minimum Gasteiger partial charge on any atom is -0.469 e. The highest BCUT2D eigenvalue weighted by Gasteiger charge is 2.27. The molecule has 0 radical (unpaired) electrons. The second kappa shape index (κ2) is 7.70. The molecule has 3 nitrogen and oxygen atoms in total. The molecule has 100 valence electrons. The molecule has 1 aliphatic carbocycles. The van der Waals surface area contributed by atoms with Gasteiger partial charge in [0, 0.05) is 6.04 Å². The van der Waals surface area contributed by atoms with E-state index in [1.54, 1.807) is 0 Å². The van der Waals surface area contributed by atoms with E-state index in [-0.39, 0.29) is 5.97 Å². The number of methoxy groups -OCH3 is 1. The molecule has 0 aliphatic heterocycles. The number of hydrogen-bond donors (Lipinski definition) is 1. The van der Waals surface area contributed by atoms with Crippen LogP contribution >= 0.6 is 0 Å². The first kappa shape index (κ1) is 14.5. The van der Waals surface area contributed by atoms with Gasteiger partial charge in [0.2, 0.25) is 0 Å². The summed E-state index contributed by atoms with van der Waals surface area (Å²) in [6.07, 6.45) is 6.74. The van der Waals surface area contributed by atoms with Gasteiger partial charge in [0.15, 0.2) is 0 Å². The van der Waals surface area contributed by atoms with Crippen LogP contribution in [0, 0.1) is 11.8 Å². The molecule has 0 saturated heterocycles. The maximum Gasteiger partial charge on any atom is 0.307 e. The number of esters is 1. The Labute approximate surface area is 105 Å². The molecule has 0 amide bonds. The Morgan fingerprint density at radius 2 is 2.00 bits per heavy atom. The van der Waals surface area contributed by atoms with E-state index in [1.807, 2.05) is 0 Å². The van der Waals surface area contributed by atoms with E-state index >= 15 is 0 Å². The highest BCUT2D eigenvalue weighted by Crippen LogP contribution is 2.31. The lowest BCUT2D eigenvalue weighted by atomic mass is 9.78. The van der Waals surface area contributed by atoms with Crippen molar-refractivity contribution in [3.63, 3.8) is 0 Å². The lowest BCUT2D eigenvalue weighted by Gasteiger charge is -2.32. The molecule has 0 spiro atoms. The van der Waals surface area contributed by atoms with Crippen LogP contribution in [0.25, 0.3) is 0 Å². The van der Waals surface area contributed by atoms with Gasteiger partial charge < -0.3 is 10.1 Å². The second-order valence-corrected chi connectivity index (χ2v) is 5.36. The predicted octanol–water partition coefficient (Wildman–Crippen LogP) is 2.74. The van der Waals surface area contributed by atoms with Crippen molar-refractivity contribution < 1.29 is 9.53 Å². The Kier molecular flexibility index (Phi) is 6.56. The Morgan fingerprint density at radius 3 is 2.53 bits per heavy atom. The van der Waals surface area contributed by atoms with E-state index in [4.69, 9.17) is 4.74 Å². The van der Waals surface area contributed by atoms with E-state index in [2.05, 4.69) is 19.2 Å². The molecule has 1 saturated carbocycles. The zero-order chi connectivity index (χ0) is 12.7. The van der Waals surface area contributed by atoms with Crippen LogP contribution in [0.1, 0.15) is 52.4 Å². The lowest BCUT2D eigenvalue weighted by Crippen LogP contribution is -2.40. The summed E-state index contributed by atoms with van der Waals surface area (Å²) < 4.78 is 4.79. The third-order valence-electron chi connectivity index (χ3n) is 3.90. The maximum absolute atomic E-state index is 11.4. The average Bonchev–Trinajstić information content (AvgIpc) is 2.35. The molecule has 1 atom stereocenters. The molecule has 1 fully saturated rings. The number of nitrogens with one attached hydrogen (secondary N) is 1. The van der Waals surface area contributed by atoms with Crippen LogP contribution in [0.5, 0.6) is 0 Å². The van der Waals surface area contributed by atoms with Gasteiger partial charge in [0.05, 0.1) is 13.5 Å². The zero-order valence-corrected chi connectivity index (χ0v) is 11.5. The van der Waals surface area contributed by atoms with Crippen molar-refractivity contribution in [2.24, 2.45) is 11.8 Å². The standard InChI is InChI=1S/C14H27NO2/c1-4-9-15-13(10-14(16)17-3)12-7-5-11(2)6-8-12/h11-13,15H,4-10H2,1-3H3. The van der Waals surface area contributed by atoms with Crippen LogP contribution in [-0.4, -0.2) is 25.7 Å². The van der Waals surface area contributed by atoms with Gasteiger partial charge in [-0.3, -0.25) is 4.79 Å². The summed E-state index contributed by atoms with van der Waals surface area (Å²) in [5.74, 6) is 1.42. The van der Waals surface area contributed by atoms with Crippen LogP contribution in [-0.2, 0) is 9.53 Å². The minimum atomic E-state index is -0.0859. The quantitative estimate of drug-likeness (QED) is 0.727. The molecule has 0 aromatic carbocycles. The summed E-state index contributed by atoms with van der Waals surface area (Å²) in [6.45, 7) is 5.48. The smallest absolute Gasteiger partial charge is 0.307 e.